The van der Waals surface area contributed by atoms with Crippen molar-refractivity contribution in [2.75, 3.05) is 0 Å². The summed E-state index contributed by atoms with van der Waals surface area (Å²) >= 11 is 0. The highest BCUT2D eigenvalue weighted by molar-refractivity contribution is 5.77. The Bertz CT molecular complexity index is 770. The van der Waals surface area contributed by atoms with Crippen molar-refractivity contribution in [2.24, 2.45) is 0 Å². The van der Waals surface area contributed by atoms with Crippen molar-refractivity contribution in [1.29, 1.82) is 0 Å². The molecule has 0 radical (unpaired) electrons. The summed E-state index contributed by atoms with van der Waals surface area (Å²) in [4.78, 5) is 9.72. The monoisotopic (exact) mass is 595 g/mol. The molecule has 0 unspecified atom stereocenters. The second kappa shape index (κ2) is 11.5. The van der Waals surface area contributed by atoms with E-state index in [0.29, 0.717) is 0 Å². The zero-order valence-corrected chi connectivity index (χ0v) is 19.3. The molecule has 2 rings (SSSR count). The fraction of sp³-hybridized carbons (Fsp3) is 0.950. The molecule has 0 aromatic rings. The molecule has 0 bridgehead atoms. The van der Waals surface area contributed by atoms with Crippen molar-refractivity contribution in [3.63, 3.8) is 0 Å². The molecule has 38 heavy (non-hydrogen) atoms. The van der Waals surface area contributed by atoms with Gasteiger partial charge in [-0.1, -0.05) is 38.5 Å². The Morgan fingerprint density at radius 1 is 0.500 bits per heavy atom. The fourth-order valence-electron chi connectivity index (χ4n) is 3.97. The highest BCUT2D eigenvalue weighted by atomic mass is 19.4. The number of hydrogen-bond acceptors (Lipinski definition) is 2. The molecular weight excluding hydrogens is 571 g/mol. The maximum absolute atomic E-state index is 12.8. The molecule has 2 N–H and O–H groups in total. The van der Waals surface area contributed by atoms with Gasteiger partial charge in [0.05, 0.1) is 0 Å². The number of carboxylic acid groups (broad SMARTS) is 1. The van der Waals surface area contributed by atoms with Crippen molar-refractivity contribution in [3.05, 3.63) is 0 Å². The first-order valence-electron chi connectivity index (χ1n) is 11.2. The summed E-state index contributed by atoms with van der Waals surface area (Å²) in [5.74, 6) is -52.8. The average Bonchev–Trinajstić information content (AvgIpc) is 2.79. The van der Waals surface area contributed by atoms with Crippen LogP contribution in [0.2, 0.25) is 0 Å². The van der Waals surface area contributed by atoms with E-state index in [1.807, 2.05) is 0 Å². The Kier molecular flexibility index (Phi) is 10.4. The molecule has 18 heteroatoms. The first kappa shape index (κ1) is 34.4. The highest BCUT2D eigenvalue weighted by Gasteiger charge is 2.94. The summed E-state index contributed by atoms with van der Waals surface area (Å²) < 4.78 is 187. The number of rotatable bonds is 8. The van der Waals surface area contributed by atoms with Crippen molar-refractivity contribution < 1.29 is 75.8 Å². The van der Waals surface area contributed by atoms with Gasteiger partial charge < -0.3 is 10.4 Å². The van der Waals surface area contributed by atoms with E-state index in [2.05, 4.69) is 5.32 Å². The second-order valence-corrected chi connectivity index (χ2v) is 9.09. The van der Waals surface area contributed by atoms with Gasteiger partial charge in [-0.2, -0.15) is 65.9 Å². The van der Waals surface area contributed by atoms with E-state index < -0.39 is 47.7 Å². The van der Waals surface area contributed by atoms with Crippen LogP contribution in [0.25, 0.3) is 0 Å². The largest absolute Gasteiger partial charge is 0.477 e. The van der Waals surface area contributed by atoms with Gasteiger partial charge in [-0.3, -0.25) is 0 Å². The van der Waals surface area contributed by atoms with Crippen LogP contribution in [0.4, 0.5) is 65.9 Å². The normalized spacial score (nSPS) is 20.1. The SMILES string of the molecule is C1CCC(NC2CCCCC2)CC1.O=C(O)C(F)(F)C(F)(F)C(F)(F)C(F)(F)C(F)(F)C(F)(F)C(F)(F)F. The van der Waals surface area contributed by atoms with E-state index in [1.54, 1.807) is 0 Å². The van der Waals surface area contributed by atoms with Gasteiger partial charge in [-0.25, -0.2) is 4.79 Å². The van der Waals surface area contributed by atoms with Gasteiger partial charge in [0.2, 0.25) is 0 Å². The van der Waals surface area contributed by atoms with Crippen molar-refractivity contribution in [2.45, 2.75) is 118 Å². The summed E-state index contributed by atoms with van der Waals surface area (Å²) in [7, 11) is 0. The zero-order valence-electron chi connectivity index (χ0n) is 19.3. The van der Waals surface area contributed by atoms with Gasteiger partial charge in [0, 0.05) is 12.1 Å². The summed E-state index contributed by atoms with van der Waals surface area (Å²) in [5, 5.41) is 11.4. The minimum Gasteiger partial charge on any atom is -0.477 e. The highest BCUT2D eigenvalue weighted by Crippen LogP contribution is 2.62. The lowest BCUT2D eigenvalue weighted by atomic mass is 9.91. The topological polar surface area (TPSA) is 49.3 Å². The van der Waals surface area contributed by atoms with Gasteiger partial charge in [0.25, 0.3) is 0 Å². The van der Waals surface area contributed by atoms with E-state index in [1.165, 1.54) is 64.2 Å². The molecule has 0 amide bonds. The maximum Gasteiger partial charge on any atom is 0.460 e. The first-order chi connectivity index (χ1) is 16.9. The molecule has 0 aromatic heterocycles. The molecule has 0 aromatic carbocycles. The summed E-state index contributed by atoms with van der Waals surface area (Å²) in [5.41, 5.74) is 0. The van der Waals surface area contributed by atoms with Crippen LogP contribution in [0.1, 0.15) is 64.2 Å². The van der Waals surface area contributed by atoms with Gasteiger partial charge in [-0.05, 0) is 25.7 Å². The third-order valence-electron chi connectivity index (χ3n) is 6.28. The molecule has 2 aliphatic carbocycles. The van der Waals surface area contributed by atoms with Crippen LogP contribution < -0.4 is 5.32 Å². The number of carbonyl (C=O) groups is 1. The molecule has 0 saturated heterocycles. The van der Waals surface area contributed by atoms with Crippen LogP contribution in [0.3, 0.4) is 0 Å². The molecule has 226 valence electrons. The van der Waals surface area contributed by atoms with Crippen LogP contribution in [0.5, 0.6) is 0 Å². The number of halogens is 15. The summed E-state index contributed by atoms with van der Waals surface area (Å²) in [6.45, 7) is 0. The molecule has 0 spiro atoms. The molecule has 0 heterocycles. The minimum absolute atomic E-state index is 0.872. The third-order valence-corrected chi connectivity index (χ3v) is 6.28. The zero-order chi connectivity index (χ0) is 30.0. The Balaban J connectivity index is 0.000000457. The van der Waals surface area contributed by atoms with E-state index in [9.17, 15) is 70.7 Å². The third kappa shape index (κ3) is 6.24. The number of hydrogen-bond donors (Lipinski definition) is 2. The van der Waals surface area contributed by atoms with Crippen LogP contribution in [0.15, 0.2) is 0 Å². The van der Waals surface area contributed by atoms with Crippen LogP contribution >= 0.6 is 0 Å². The number of carboxylic acids is 1. The van der Waals surface area contributed by atoms with E-state index in [0.717, 1.165) is 12.1 Å². The first-order valence-corrected chi connectivity index (χ1v) is 11.2. The maximum atomic E-state index is 12.8. The Morgan fingerprint density at radius 3 is 1.08 bits per heavy atom. The molecule has 2 saturated carbocycles. The quantitative estimate of drug-likeness (QED) is 0.283. The van der Waals surface area contributed by atoms with E-state index in [-0.39, 0.29) is 0 Å². The molecule has 3 nitrogen and oxygen atoms in total. The Morgan fingerprint density at radius 2 is 0.789 bits per heavy atom. The molecule has 0 aliphatic heterocycles. The van der Waals surface area contributed by atoms with Crippen LogP contribution in [0, 0.1) is 0 Å². The Labute approximate surface area is 206 Å². The summed E-state index contributed by atoms with van der Waals surface area (Å²) in [6.07, 6.45) is 6.87. The van der Waals surface area contributed by atoms with Gasteiger partial charge >= 0.3 is 47.7 Å². The van der Waals surface area contributed by atoms with Gasteiger partial charge in [0.1, 0.15) is 0 Å². The van der Waals surface area contributed by atoms with Gasteiger partial charge in [-0.15, -0.1) is 0 Å². The van der Waals surface area contributed by atoms with Crippen molar-refractivity contribution in [1.82, 2.24) is 5.32 Å². The van der Waals surface area contributed by atoms with E-state index in [4.69, 9.17) is 5.11 Å². The van der Waals surface area contributed by atoms with Crippen molar-refractivity contribution in [3.8, 4) is 0 Å². The lowest BCUT2D eigenvalue weighted by Crippen LogP contribution is -2.73. The second-order valence-electron chi connectivity index (χ2n) is 9.09. The van der Waals surface area contributed by atoms with Crippen LogP contribution in [-0.2, 0) is 4.79 Å². The smallest absolute Gasteiger partial charge is 0.460 e. The number of nitrogens with one attached hydrogen (secondary N) is 1. The average molecular weight is 595 g/mol. The fourth-order valence-corrected chi connectivity index (χ4v) is 3.97. The standard InChI is InChI=1S/C12H23N.C8HF15O2/c1-3-7-11(8-4-1)13-12-9-5-2-6-10-12;9-2(10,1(24)25)3(11,12)4(13,14)5(15,16)6(17,18)7(19,20)8(21,22)23/h11-13H,1-10H2;(H,24,25). The van der Waals surface area contributed by atoms with Crippen LogP contribution in [-0.4, -0.2) is 64.9 Å². The molecular formula is C20H24F15NO2. The van der Waals surface area contributed by atoms with Gasteiger partial charge in [0.15, 0.2) is 0 Å². The number of aliphatic carboxylic acids is 1. The predicted octanol–water partition coefficient (Wildman–Crippen LogP) is 7.69. The lowest BCUT2D eigenvalue weighted by molar-refractivity contribution is -0.450. The van der Waals surface area contributed by atoms with E-state index >= 15 is 0 Å². The lowest BCUT2D eigenvalue weighted by Gasteiger charge is -2.40. The summed E-state index contributed by atoms with van der Waals surface area (Å²) in [6, 6.07) is 1.74. The Hall–Kier alpha value is -1.62. The minimum atomic E-state index is -8.47. The number of alkyl halides is 15. The molecule has 2 fully saturated rings. The van der Waals surface area contributed by atoms with Crippen molar-refractivity contribution >= 4 is 5.97 Å². The molecule has 2 aliphatic rings. The predicted molar refractivity (Wildman–Crippen MR) is 100 cm³/mol. The molecule has 0 atom stereocenters.